The molecule has 162 valence electrons. The van der Waals surface area contributed by atoms with E-state index in [-0.39, 0.29) is 30.3 Å². The van der Waals surface area contributed by atoms with Gasteiger partial charge < -0.3 is 25.6 Å². The molecular weight excluding hydrogens is 396 g/mol. The zero-order chi connectivity index (χ0) is 22.0. The Morgan fingerprint density at radius 1 is 1.16 bits per heavy atom. The van der Waals surface area contributed by atoms with Crippen molar-refractivity contribution in [2.75, 3.05) is 32.6 Å². The van der Waals surface area contributed by atoms with Crippen LogP contribution in [0.4, 0.5) is 5.69 Å². The van der Waals surface area contributed by atoms with Crippen molar-refractivity contribution in [1.29, 1.82) is 0 Å². The summed E-state index contributed by atoms with van der Waals surface area (Å²) in [5.41, 5.74) is 2.82. The molecule has 2 aromatic carbocycles. The van der Waals surface area contributed by atoms with Crippen LogP contribution in [0.3, 0.4) is 0 Å². The highest BCUT2D eigenvalue weighted by molar-refractivity contribution is 6.10. The van der Waals surface area contributed by atoms with E-state index < -0.39 is 6.04 Å². The van der Waals surface area contributed by atoms with E-state index in [1.54, 1.807) is 25.1 Å². The van der Waals surface area contributed by atoms with Crippen LogP contribution in [0, 0.1) is 0 Å². The Hall–Kier alpha value is -3.39. The number of hydrogen-bond donors (Lipinski definition) is 3. The molecule has 2 aliphatic heterocycles. The maximum Gasteiger partial charge on any atom is 0.256 e. The lowest BCUT2D eigenvalue weighted by molar-refractivity contribution is -0.124. The first-order valence-corrected chi connectivity index (χ1v) is 10.3. The molecule has 8 heteroatoms. The van der Waals surface area contributed by atoms with E-state index in [4.69, 9.17) is 4.74 Å². The monoisotopic (exact) mass is 422 g/mol. The highest BCUT2D eigenvalue weighted by atomic mass is 16.5. The minimum absolute atomic E-state index is 0.117. The largest absolute Gasteiger partial charge is 0.497 e. The SMILES string of the molecule is CNCC(=O)N[C@@H]1CCN2C(=O)c3cc(-c4ccc(OC)cc4)ccc3NC(=O)[C@@H]2C1. The zero-order valence-corrected chi connectivity index (χ0v) is 17.6. The summed E-state index contributed by atoms with van der Waals surface area (Å²) in [5, 5.41) is 8.65. The predicted octanol–water partition coefficient (Wildman–Crippen LogP) is 1.62. The minimum Gasteiger partial charge on any atom is -0.497 e. The second kappa shape index (κ2) is 8.77. The van der Waals surface area contributed by atoms with Crippen molar-refractivity contribution in [3.05, 3.63) is 48.0 Å². The van der Waals surface area contributed by atoms with Gasteiger partial charge in [0.2, 0.25) is 11.8 Å². The molecular formula is C23H26N4O4. The van der Waals surface area contributed by atoms with Crippen molar-refractivity contribution in [2.24, 2.45) is 0 Å². The molecule has 0 bridgehead atoms. The topological polar surface area (TPSA) is 99.8 Å². The number of carbonyl (C=O) groups is 3. The molecule has 3 amide bonds. The summed E-state index contributed by atoms with van der Waals surface area (Å²) in [5.74, 6) is 0.244. The number of amides is 3. The Kier molecular flexibility index (Phi) is 5.90. The number of likely N-dealkylation sites (N-methyl/N-ethyl adjacent to an activating group) is 1. The number of rotatable bonds is 5. The first kappa shape index (κ1) is 20.9. The Morgan fingerprint density at radius 2 is 1.90 bits per heavy atom. The van der Waals surface area contributed by atoms with Crippen molar-refractivity contribution < 1.29 is 19.1 Å². The Morgan fingerprint density at radius 3 is 2.61 bits per heavy atom. The molecule has 2 atom stereocenters. The van der Waals surface area contributed by atoms with Crippen molar-refractivity contribution in [3.8, 4) is 16.9 Å². The molecule has 2 aliphatic rings. The predicted molar refractivity (Wildman–Crippen MR) is 117 cm³/mol. The van der Waals surface area contributed by atoms with Gasteiger partial charge in [0.25, 0.3) is 5.91 Å². The first-order valence-electron chi connectivity index (χ1n) is 10.3. The Labute approximate surface area is 180 Å². The van der Waals surface area contributed by atoms with Gasteiger partial charge in [-0.3, -0.25) is 14.4 Å². The Bertz CT molecular complexity index is 1010. The Balaban J connectivity index is 1.58. The number of ether oxygens (including phenoxy) is 1. The number of hydrogen-bond acceptors (Lipinski definition) is 5. The fraction of sp³-hybridized carbons (Fsp3) is 0.348. The molecule has 2 aromatic rings. The maximum absolute atomic E-state index is 13.3. The third-order valence-corrected chi connectivity index (χ3v) is 5.80. The van der Waals surface area contributed by atoms with Gasteiger partial charge in [-0.25, -0.2) is 0 Å². The number of piperidine rings is 1. The minimum atomic E-state index is -0.613. The van der Waals surface area contributed by atoms with Crippen molar-refractivity contribution in [3.63, 3.8) is 0 Å². The molecule has 2 heterocycles. The smallest absolute Gasteiger partial charge is 0.256 e. The van der Waals surface area contributed by atoms with Gasteiger partial charge >= 0.3 is 0 Å². The molecule has 3 N–H and O–H groups in total. The molecule has 0 aromatic heterocycles. The molecule has 0 radical (unpaired) electrons. The molecule has 0 saturated carbocycles. The van der Waals surface area contributed by atoms with Gasteiger partial charge in [0.1, 0.15) is 11.8 Å². The summed E-state index contributed by atoms with van der Waals surface area (Å²) in [6.45, 7) is 0.628. The van der Waals surface area contributed by atoms with E-state index in [9.17, 15) is 14.4 Å². The van der Waals surface area contributed by atoms with Crippen LogP contribution in [0.5, 0.6) is 5.75 Å². The summed E-state index contributed by atoms with van der Waals surface area (Å²) < 4.78 is 5.21. The number of benzene rings is 2. The van der Waals surface area contributed by atoms with Crippen molar-refractivity contribution in [1.82, 2.24) is 15.5 Å². The molecule has 1 fully saturated rings. The van der Waals surface area contributed by atoms with E-state index in [0.717, 1.165) is 16.9 Å². The highest BCUT2D eigenvalue weighted by Gasteiger charge is 2.40. The van der Waals surface area contributed by atoms with Gasteiger partial charge in [-0.15, -0.1) is 0 Å². The van der Waals surface area contributed by atoms with Crippen LogP contribution in [-0.2, 0) is 9.59 Å². The van der Waals surface area contributed by atoms with Crippen LogP contribution in [0.2, 0.25) is 0 Å². The van der Waals surface area contributed by atoms with E-state index in [0.29, 0.717) is 30.6 Å². The molecule has 8 nitrogen and oxygen atoms in total. The van der Waals surface area contributed by atoms with Gasteiger partial charge in [0, 0.05) is 12.6 Å². The third kappa shape index (κ3) is 4.25. The average Bonchev–Trinajstić information content (AvgIpc) is 2.88. The summed E-state index contributed by atoms with van der Waals surface area (Å²) in [4.78, 5) is 39.8. The second-order valence-corrected chi connectivity index (χ2v) is 7.81. The number of nitrogens with zero attached hydrogens (tertiary/aromatic N) is 1. The standard InChI is InChI=1S/C23H26N4O4/c1-24-13-21(28)25-16-9-10-27-20(12-16)22(29)26-19-8-5-15(11-18(19)23(27)30)14-3-6-17(31-2)7-4-14/h3-8,11,16,20,24H,9-10,12-13H2,1-2H3,(H,25,28)(H,26,29)/t16-,20+/m1/s1. The van der Waals surface area contributed by atoms with Gasteiger partial charge in [-0.05, 0) is 55.3 Å². The van der Waals surface area contributed by atoms with Crippen molar-refractivity contribution in [2.45, 2.75) is 24.9 Å². The lowest BCUT2D eigenvalue weighted by atomic mass is 9.95. The number of anilines is 1. The summed E-state index contributed by atoms with van der Waals surface area (Å²) in [7, 11) is 3.32. The maximum atomic E-state index is 13.3. The summed E-state index contributed by atoms with van der Waals surface area (Å²) in [6.07, 6.45) is 1.00. The van der Waals surface area contributed by atoms with Crippen LogP contribution >= 0.6 is 0 Å². The van der Waals surface area contributed by atoms with Crippen molar-refractivity contribution >= 4 is 23.4 Å². The third-order valence-electron chi connectivity index (χ3n) is 5.80. The molecule has 0 aliphatic carbocycles. The fourth-order valence-electron chi connectivity index (χ4n) is 4.19. The lowest BCUT2D eigenvalue weighted by Gasteiger charge is -2.37. The molecule has 4 rings (SSSR count). The fourth-order valence-corrected chi connectivity index (χ4v) is 4.19. The normalized spacial score (nSPS) is 20.3. The van der Waals surface area contributed by atoms with Gasteiger partial charge in [-0.1, -0.05) is 18.2 Å². The second-order valence-electron chi connectivity index (χ2n) is 7.81. The van der Waals surface area contributed by atoms with Crippen LogP contribution in [0.15, 0.2) is 42.5 Å². The average molecular weight is 422 g/mol. The van der Waals surface area contributed by atoms with Gasteiger partial charge in [-0.2, -0.15) is 0 Å². The lowest BCUT2D eigenvalue weighted by Crippen LogP contribution is -2.55. The number of carbonyl (C=O) groups excluding carboxylic acids is 3. The van der Waals surface area contributed by atoms with E-state index >= 15 is 0 Å². The molecule has 1 saturated heterocycles. The van der Waals surface area contributed by atoms with E-state index in [1.165, 1.54) is 0 Å². The number of fused-ring (bicyclic) bond motifs is 2. The van der Waals surface area contributed by atoms with Crippen LogP contribution < -0.4 is 20.7 Å². The van der Waals surface area contributed by atoms with Gasteiger partial charge in [0.15, 0.2) is 0 Å². The summed E-state index contributed by atoms with van der Waals surface area (Å²) >= 11 is 0. The highest BCUT2D eigenvalue weighted by Crippen LogP contribution is 2.32. The van der Waals surface area contributed by atoms with E-state index in [2.05, 4.69) is 16.0 Å². The number of nitrogens with one attached hydrogen (secondary N) is 3. The molecule has 0 spiro atoms. The first-order chi connectivity index (χ1) is 15.0. The zero-order valence-electron chi connectivity index (χ0n) is 17.6. The summed E-state index contributed by atoms with van der Waals surface area (Å²) in [6, 6.07) is 12.3. The van der Waals surface area contributed by atoms with E-state index in [1.807, 2.05) is 36.4 Å². The number of methoxy groups -OCH3 is 1. The van der Waals surface area contributed by atoms with Crippen LogP contribution in [0.1, 0.15) is 23.2 Å². The molecule has 31 heavy (non-hydrogen) atoms. The van der Waals surface area contributed by atoms with Crippen LogP contribution in [-0.4, -0.2) is 62.0 Å². The quantitative estimate of drug-likeness (QED) is 0.680. The van der Waals surface area contributed by atoms with Gasteiger partial charge in [0.05, 0.1) is 24.9 Å². The van der Waals surface area contributed by atoms with Crippen LogP contribution in [0.25, 0.3) is 11.1 Å². The molecule has 0 unspecified atom stereocenters.